The van der Waals surface area contributed by atoms with Gasteiger partial charge in [0.15, 0.2) is 0 Å². The van der Waals surface area contributed by atoms with Crippen LogP contribution in [0.3, 0.4) is 0 Å². The van der Waals surface area contributed by atoms with Gasteiger partial charge in [0, 0.05) is 32.0 Å². The molecule has 15 heavy (non-hydrogen) atoms. The van der Waals surface area contributed by atoms with Crippen LogP contribution in [0, 0.1) is 0 Å². The van der Waals surface area contributed by atoms with Gasteiger partial charge in [-0.15, -0.1) is 0 Å². The van der Waals surface area contributed by atoms with Gasteiger partial charge in [-0.25, -0.2) is 0 Å². The maximum Gasteiger partial charge on any atom is 0.281 e. The Hall–Kier alpha value is 0.350. The molecule has 0 aromatic rings. The minimum Gasteiger partial charge on any atom is -0.195 e. The summed E-state index contributed by atoms with van der Waals surface area (Å²) in [5.41, 5.74) is 0. The molecule has 0 atom stereocenters. The first-order valence-electron chi connectivity index (χ1n) is 5.25. The van der Waals surface area contributed by atoms with Gasteiger partial charge in [-0.3, -0.25) is 0 Å². The zero-order valence-electron chi connectivity index (χ0n) is 9.32. The molecule has 6 heteroatoms. The van der Waals surface area contributed by atoms with Crippen LogP contribution in [-0.4, -0.2) is 49.0 Å². The Kier molecular flexibility index (Phi) is 5.02. The molecule has 4 nitrogen and oxygen atoms in total. The van der Waals surface area contributed by atoms with E-state index in [1.165, 1.54) is 4.31 Å². The standard InChI is InChI=1S/C9H19BrN2O2S/c1-11(2)15(13,14)12(8-7-10)9-5-3-4-6-9/h9H,3-8H2,1-2H3. The van der Waals surface area contributed by atoms with Crippen molar-refractivity contribution in [3.05, 3.63) is 0 Å². The molecule has 90 valence electrons. The van der Waals surface area contributed by atoms with Gasteiger partial charge in [0.1, 0.15) is 0 Å². The third kappa shape index (κ3) is 3.15. The predicted molar refractivity (Wildman–Crippen MR) is 65.4 cm³/mol. The van der Waals surface area contributed by atoms with E-state index in [9.17, 15) is 8.42 Å². The first-order valence-corrected chi connectivity index (χ1v) is 7.77. The van der Waals surface area contributed by atoms with Gasteiger partial charge in [0.2, 0.25) is 0 Å². The van der Waals surface area contributed by atoms with Crippen LogP contribution in [0.2, 0.25) is 0 Å². The van der Waals surface area contributed by atoms with E-state index >= 15 is 0 Å². The predicted octanol–water partition coefficient (Wildman–Crippen LogP) is 1.43. The van der Waals surface area contributed by atoms with Crippen LogP contribution in [0.15, 0.2) is 0 Å². The normalized spacial score (nSPS) is 19.3. The van der Waals surface area contributed by atoms with Gasteiger partial charge in [0.05, 0.1) is 0 Å². The molecule has 0 unspecified atom stereocenters. The number of alkyl halides is 1. The maximum atomic E-state index is 12.0. The van der Waals surface area contributed by atoms with Crippen molar-refractivity contribution in [1.82, 2.24) is 8.61 Å². The molecular weight excluding hydrogens is 280 g/mol. The van der Waals surface area contributed by atoms with E-state index in [1.54, 1.807) is 18.4 Å². The molecule has 0 radical (unpaired) electrons. The summed E-state index contributed by atoms with van der Waals surface area (Å²) in [6.07, 6.45) is 4.29. The van der Waals surface area contributed by atoms with Gasteiger partial charge in [-0.2, -0.15) is 17.0 Å². The van der Waals surface area contributed by atoms with E-state index in [-0.39, 0.29) is 6.04 Å². The van der Waals surface area contributed by atoms with Crippen molar-refractivity contribution in [2.24, 2.45) is 0 Å². The second-order valence-electron chi connectivity index (χ2n) is 4.03. The molecule has 0 saturated heterocycles. The quantitative estimate of drug-likeness (QED) is 0.721. The molecule has 0 aromatic carbocycles. The summed E-state index contributed by atoms with van der Waals surface area (Å²) in [5, 5.41) is 0.691. The van der Waals surface area contributed by atoms with Crippen LogP contribution in [0.5, 0.6) is 0 Å². The summed E-state index contributed by atoms with van der Waals surface area (Å²) in [4.78, 5) is 0. The number of nitrogens with zero attached hydrogens (tertiary/aromatic N) is 2. The van der Waals surface area contributed by atoms with Crippen molar-refractivity contribution in [3.8, 4) is 0 Å². The topological polar surface area (TPSA) is 40.6 Å². The summed E-state index contributed by atoms with van der Waals surface area (Å²) in [6, 6.07) is 0.204. The second kappa shape index (κ2) is 5.61. The van der Waals surface area contributed by atoms with E-state index in [0.29, 0.717) is 11.9 Å². The zero-order valence-corrected chi connectivity index (χ0v) is 11.7. The van der Waals surface area contributed by atoms with Crippen molar-refractivity contribution in [3.63, 3.8) is 0 Å². The Morgan fingerprint density at radius 1 is 1.27 bits per heavy atom. The number of halogens is 1. The highest BCUT2D eigenvalue weighted by molar-refractivity contribution is 9.09. The van der Waals surface area contributed by atoms with Crippen molar-refractivity contribution in [2.45, 2.75) is 31.7 Å². The highest BCUT2D eigenvalue weighted by Crippen LogP contribution is 2.26. The second-order valence-corrected chi connectivity index (χ2v) is 6.92. The summed E-state index contributed by atoms with van der Waals surface area (Å²) < 4.78 is 27.0. The van der Waals surface area contributed by atoms with Gasteiger partial charge < -0.3 is 0 Å². The largest absolute Gasteiger partial charge is 0.281 e. The molecule has 1 aliphatic rings. The lowest BCUT2D eigenvalue weighted by Gasteiger charge is -2.29. The fourth-order valence-corrected chi connectivity index (χ4v) is 3.92. The fraction of sp³-hybridized carbons (Fsp3) is 1.00. The van der Waals surface area contributed by atoms with E-state index in [0.717, 1.165) is 25.7 Å². The lowest BCUT2D eigenvalue weighted by atomic mass is 10.2. The van der Waals surface area contributed by atoms with Crippen LogP contribution in [0.25, 0.3) is 0 Å². The van der Waals surface area contributed by atoms with Gasteiger partial charge in [-0.05, 0) is 12.8 Å². The molecule has 0 amide bonds. The van der Waals surface area contributed by atoms with E-state index < -0.39 is 10.2 Å². The molecular formula is C9H19BrN2O2S. The van der Waals surface area contributed by atoms with Crippen molar-refractivity contribution < 1.29 is 8.42 Å². The first kappa shape index (κ1) is 13.4. The lowest BCUT2D eigenvalue weighted by Crippen LogP contribution is -2.46. The van der Waals surface area contributed by atoms with Crippen LogP contribution in [0.1, 0.15) is 25.7 Å². The summed E-state index contributed by atoms with van der Waals surface area (Å²) in [7, 11) is -0.0703. The van der Waals surface area contributed by atoms with Crippen LogP contribution in [-0.2, 0) is 10.2 Å². The van der Waals surface area contributed by atoms with Crippen LogP contribution >= 0.6 is 15.9 Å². The SMILES string of the molecule is CN(C)S(=O)(=O)N(CCBr)C1CCCC1. The van der Waals surface area contributed by atoms with Gasteiger partial charge in [-0.1, -0.05) is 28.8 Å². The van der Waals surface area contributed by atoms with Gasteiger partial charge in [0.25, 0.3) is 10.2 Å². The molecule has 1 rings (SSSR count). The molecule has 0 N–H and O–H groups in total. The monoisotopic (exact) mass is 298 g/mol. The van der Waals surface area contributed by atoms with E-state index in [4.69, 9.17) is 0 Å². The molecule has 0 aliphatic heterocycles. The third-order valence-corrected chi connectivity index (χ3v) is 5.15. The highest BCUT2D eigenvalue weighted by atomic mass is 79.9. The molecule has 0 bridgehead atoms. The number of rotatable bonds is 5. The third-order valence-electron chi connectivity index (χ3n) is 2.79. The summed E-state index contributed by atoms with van der Waals surface area (Å²) >= 11 is 3.31. The van der Waals surface area contributed by atoms with Gasteiger partial charge >= 0.3 is 0 Å². The minimum atomic E-state index is -3.25. The average Bonchev–Trinajstić information content (AvgIpc) is 2.66. The Bertz CT molecular complexity index is 286. The first-order chi connectivity index (χ1) is 7.00. The van der Waals surface area contributed by atoms with Crippen molar-refractivity contribution >= 4 is 26.1 Å². The Labute approximate surface area is 101 Å². The minimum absolute atomic E-state index is 0.204. The Morgan fingerprint density at radius 2 is 1.80 bits per heavy atom. The molecule has 0 spiro atoms. The lowest BCUT2D eigenvalue weighted by molar-refractivity contribution is 0.315. The number of hydrogen-bond acceptors (Lipinski definition) is 2. The Balaban J connectivity index is 2.81. The Morgan fingerprint density at radius 3 is 2.20 bits per heavy atom. The summed E-state index contributed by atoms with van der Waals surface area (Å²) in [6.45, 7) is 0.561. The molecule has 0 aromatic heterocycles. The molecule has 1 fully saturated rings. The highest BCUT2D eigenvalue weighted by Gasteiger charge is 2.32. The zero-order chi connectivity index (χ0) is 11.5. The number of hydrogen-bond donors (Lipinski definition) is 0. The molecule has 1 saturated carbocycles. The molecule has 1 aliphatic carbocycles. The average molecular weight is 299 g/mol. The van der Waals surface area contributed by atoms with E-state index in [2.05, 4.69) is 15.9 Å². The maximum absolute atomic E-state index is 12.0. The van der Waals surface area contributed by atoms with Crippen molar-refractivity contribution in [1.29, 1.82) is 0 Å². The van der Waals surface area contributed by atoms with Crippen LogP contribution in [0.4, 0.5) is 0 Å². The fourth-order valence-electron chi connectivity index (χ4n) is 1.97. The van der Waals surface area contributed by atoms with Crippen LogP contribution < -0.4 is 0 Å². The van der Waals surface area contributed by atoms with E-state index in [1.807, 2.05) is 0 Å². The van der Waals surface area contributed by atoms with Crippen molar-refractivity contribution in [2.75, 3.05) is 26.0 Å². The molecule has 0 heterocycles. The smallest absolute Gasteiger partial charge is 0.195 e. The summed E-state index contributed by atoms with van der Waals surface area (Å²) in [5.74, 6) is 0.